The molecule has 0 bridgehead atoms. The van der Waals surface area contributed by atoms with E-state index in [0.717, 1.165) is 28.0 Å². The minimum atomic E-state index is 0.319. The number of hydrogen-bond donors (Lipinski definition) is 2. The van der Waals surface area contributed by atoms with Crippen molar-refractivity contribution in [1.82, 2.24) is 4.72 Å². The van der Waals surface area contributed by atoms with Crippen LogP contribution in [0.25, 0.3) is 0 Å². The molecule has 1 heterocycles. The summed E-state index contributed by atoms with van der Waals surface area (Å²) in [5, 5.41) is 4.06. The molecule has 0 aromatic heterocycles. The highest BCUT2D eigenvalue weighted by molar-refractivity contribution is 7.98. The Hall–Kier alpha value is -0.870. The van der Waals surface area contributed by atoms with Gasteiger partial charge in [0, 0.05) is 5.02 Å². The highest BCUT2D eigenvalue weighted by Crippen LogP contribution is 2.31. The maximum atomic E-state index is 5.97. The van der Waals surface area contributed by atoms with Gasteiger partial charge in [-0.05, 0) is 49.4 Å². The van der Waals surface area contributed by atoms with Gasteiger partial charge in [-0.3, -0.25) is 4.72 Å². The lowest BCUT2D eigenvalue weighted by Crippen LogP contribution is -2.30. The first-order valence-corrected chi connectivity index (χ1v) is 7.85. The molecule has 2 atom stereocenters. The predicted octanol–water partition coefficient (Wildman–Crippen LogP) is 4.54. The summed E-state index contributed by atoms with van der Waals surface area (Å²) in [4.78, 5) is 5.78. The summed E-state index contributed by atoms with van der Waals surface area (Å²) >= 11 is 7.52. The van der Waals surface area contributed by atoms with E-state index in [9.17, 15) is 0 Å². The van der Waals surface area contributed by atoms with Gasteiger partial charge in [-0.2, -0.15) is 0 Å². The first kappa shape index (κ1) is 14.5. The van der Waals surface area contributed by atoms with Gasteiger partial charge in [-0.1, -0.05) is 31.9 Å². The highest BCUT2D eigenvalue weighted by Gasteiger charge is 2.15. The van der Waals surface area contributed by atoms with E-state index < -0.39 is 0 Å². The predicted molar refractivity (Wildman–Crippen MR) is 85.0 cm³/mol. The molecule has 2 N–H and O–H groups in total. The molecule has 104 valence electrons. The summed E-state index contributed by atoms with van der Waals surface area (Å²) in [5.74, 6) is 1.54. The highest BCUT2D eigenvalue weighted by atomic mass is 35.5. The lowest BCUT2D eigenvalue weighted by Gasteiger charge is -2.22. The van der Waals surface area contributed by atoms with E-state index in [0.29, 0.717) is 12.0 Å². The van der Waals surface area contributed by atoms with Crippen LogP contribution in [0.3, 0.4) is 0 Å². The van der Waals surface area contributed by atoms with E-state index in [2.05, 4.69) is 35.8 Å². The number of anilines is 1. The topological polar surface area (TPSA) is 36.4 Å². The average Bonchev–Trinajstić information content (AvgIpc) is 2.38. The molecule has 0 saturated carbocycles. The van der Waals surface area contributed by atoms with Gasteiger partial charge in [-0.25, -0.2) is 4.99 Å². The average molecular weight is 298 g/mol. The van der Waals surface area contributed by atoms with E-state index in [1.807, 2.05) is 18.2 Å². The van der Waals surface area contributed by atoms with Crippen molar-refractivity contribution < 1.29 is 0 Å². The summed E-state index contributed by atoms with van der Waals surface area (Å²) in [6, 6.07) is 6.14. The monoisotopic (exact) mass is 297 g/mol. The molecule has 1 aliphatic rings. The zero-order valence-electron chi connectivity index (χ0n) is 11.5. The second-order valence-electron chi connectivity index (χ2n) is 5.05. The van der Waals surface area contributed by atoms with Crippen molar-refractivity contribution in [1.29, 1.82) is 0 Å². The fourth-order valence-electron chi connectivity index (χ4n) is 2.02. The smallest absolute Gasteiger partial charge is 0.206 e. The quantitative estimate of drug-likeness (QED) is 0.801. The standard InChI is InChI=1S/C14H20ClN3S/c1-4-9(2)7-10(3)16-14-17-12-6-5-11(15)8-13(12)19-18-14/h5-6,8-10H,4,7H2,1-3H3,(H2,16,17,18). The van der Waals surface area contributed by atoms with Crippen LogP contribution < -0.4 is 10.0 Å². The van der Waals surface area contributed by atoms with Crippen molar-refractivity contribution in [3.8, 4) is 0 Å². The van der Waals surface area contributed by atoms with Gasteiger partial charge >= 0.3 is 0 Å². The van der Waals surface area contributed by atoms with E-state index in [1.54, 1.807) is 11.9 Å². The van der Waals surface area contributed by atoms with Crippen LogP contribution >= 0.6 is 23.5 Å². The molecule has 0 aliphatic carbocycles. The van der Waals surface area contributed by atoms with E-state index in [-0.39, 0.29) is 0 Å². The summed E-state index contributed by atoms with van der Waals surface area (Å²) in [7, 11) is 0. The molecule has 1 aromatic rings. The Kier molecular flexibility index (Phi) is 4.99. The number of benzene rings is 1. The third-order valence-electron chi connectivity index (χ3n) is 3.24. The summed E-state index contributed by atoms with van der Waals surface area (Å²) in [6.07, 6.45) is 2.31. The Labute approximate surface area is 124 Å². The Balaban J connectivity index is 2.03. The van der Waals surface area contributed by atoms with E-state index in [4.69, 9.17) is 11.6 Å². The Bertz CT molecular complexity index is 476. The van der Waals surface area contributed by atoms with E-state index >= 15 is 0 Å². The molecular weight excluding hydrogens is 278 g/mol. The second kappa shape index (κ2) is 6.53. The third-order valence-corrected chi connectivity index (χ3v) is 4.33. The zero-order valence-corrected chi connectivity index (χ0v) is 13.1. The molecule has 19 heavy (non-hydrogen) atoms. The molecule has 0 spiro atoms. The SMILES string of the molecule is CCC(C)CC(C)N=C1NSc2cc(Cl)ccc2N1. The molecule has 0 saturated heterocycles. The fraction of sp³-hybridized carbons (Fsp3) is 0.500. The molecule has 1 aliphatic heterocycles. The van der Waals surface area contributed by atoms with Crippen molar-refractivity contribution in [2.45, 2.75) is 44.6 Å². The minimum absolute atomic E-state index is 0.319. The molecule has 0 fully saturated rings. The number of nitrogens with zero attached hydrogens (tertiary/aromatic N) is 1. The molecule has 3 nitrogen and oxygen atoms in total. The maximum absolute atomic E-state index is 5.97. The number of nitrogens with one attached hydrogen (secondary N) is 2. The van der Waals surface area contributed by atoms with Crippen LogP contribution in [0.4, 0.5) is 5.69 Å². The number of rotatable bonds is 4. The van der Waals surface area contributed by atoms with Crippen LogP contribution in [-0.2, 0) is 0 Å². The molecule has 0 radical (unpaired) electrons. The van der Waals surface area contributed by atoms with Crippen LogP contribution in [0.1, 0.15) is 33.6 Å². The second-order valence-corrected chi connectivity index (χ2v) is 6.33. The fourth-order valence-corrected chi connectivity index (χ4v) is 2.98. The summed E-state index contributed by atoms with van der Waals surface area (Å²) in [5.41, 5.74) is 1.06. The molecule has 2 unspecified atom stereocenters. The Morgan fingerprint density at radius 1 is 1.37 bits per heavy atom. The molecule has 2 rings (SSSR count). The first-order chi connectivity index (χ1) is 9.08. The number of hydrogen-bond acceptors (Lipinski definition) is 2. The number of fused-ring (bicyclic) bond motifs is 1. The Morgan fingerprint density at radius 3 is 2.89 bits per heavy atom. The van der Waals surface area contributed by atoms with Gasteiger partial charge in [0.05, 0.1) is 16.6 Å². The van der Waals surface area contributed by atoms with Crippen LogP contribution in [-0.4, -0.2) is 12.0 Å². The van der Waals surface area contributed by atoms with Gasteiger partial charge in [0.25, 0.3) is 0 Å². The Morgan fingerprint density at radius 2 is 2.16 bits per heavy atom. The lowest BCUT2D eigenvalue weighted by molar-refractivity contribution is 0.470. The van der Waals surface area contributed by atoms with Crippen molar-refractivity contribution in [3.05, 3.63) is 23.2 Å². The van der Waals surface area contributed by atoms with Crippen LogP contribution in [0.5, 0.6) is 0 Å². The van der Waals surface area contributed by atoms with Crippen LogP contribution in [0.15, 0.2) is 28.1 Å². The normalized spacial score (nSPS) is 19.3. The molecule has 0 amide bonds. The van der Waals surface area contributed by atoms with Gasteiger partial charge < -0.3 is 5.32 Å². The number of aliphatic imine (C=N–C) groups is 1. The zero-order chi connectivity index (χ0) is 13.8. The summed E-state index contributed by atoms with van der Waals surface area (Å²) in [6.45, 7) is 6.65. The van der Waals surface area contributed by atoms with Gasteiger partial charge in [-0.15, -0.1) is 0 Å². The molecule has 1 aromatic carbocycles. The van der Waals surface area contributed by atoms with Crippen LogP contribution in [0, 0.1) is 5.92 Å². The first-order valence-electron chi connectivity index (χ1n) is 6.65. The van der Waals surface area contributed by atoms with E-state index in [1.165, 1.54) is 6.42 Å². The number of halogens is 1. The van der Waals surface area contributed by atoms with Crippen LogP contribution in [0.2, 0.25) is 5.02 Å². The van der Waals surface area contributed by atoms with Gasteiger partial charge in [0.2, 0.25) is 5.96 Å². The van der Waals surface area contributed by atoms with Crippen molar-refractivity contribution in [2.24, 2.45) is 10.9 Å². The van der Waals surface area contributed by atoms with Gasteiger partial charge in [0.15, 0.2) is 0 Å². The lowest BCUT2D eigenvalue weighted by atomic mass is 10.0. The number of guanidine groups is 1. The van der Waals surface area contributed by atoms with Crippen molar-refractivity contribution in [2.75, 3.05) is 5.32 Å². The largest absolute Gasteiger partial charge is 0.325 e. The minimum Gasteiger partial charge on any atom is -0.325 e. The van der Waals surface area contributed by atoms with Crippen molar-refractivity contribution >= 4 is 35.2 Å². The van der Waals surface area contributed by atoms with Gasteiger partial charge in [0.1, 0.15) is 0 Å². The summed E-state index contributed by atoms with van der Waals surface area (Å²) < 4.78 is 3.22. The van der Waals surface area contributed by atoms with Crippen molar-refractivity contribution in [3.63, 3.8) is 0 Å². The molecule has 5 heteroatoms. The third kappa shape index (κ3) is 4.05. The molecular formula is C14H20ClN3S. The maximum Gasteiger partial charge on any atom is 0.206 e.